The first-order valence-corrected chi connectivity index (χ1v) is 6.50. The summed E-state index contributed by atoms with van der Waals surface area (Å²) in [6.45, 7) is -0.0895. The molecule has 22 heavy (non-hydrogen) atoms. The number of benzene rings is 1. The number of nitrogens with zero attached hydrogens (tertiary/aromatic N) is 5. The number of amides is 1. The lowest BCUT2D eigenvalue weighted by Crippen LogP contribution is -2.19. The third kappa shape index (κ3) is 4.37. The van der Waals surface area contributed by atoms with Crippen LogP contribution in [0.2, 0.25) is 5.02 Å². The summed E-state index contributed by atoms with van der Waals surface area (Å²) in [6.07, 6.45) is -1.52. The van der Waals surface area contributed by atoms with Gasteiger partial charge >= 0.3 is 6.09 Å². The third-order valence-corrected chi connectivity index (χ3v) is 2.87. The molecule has 1 unspecified atom stereocenters. The van der Waals surface area contributed by atoms with Gasteiger partial charge in [0.15, 0.2) is 6.10 Å². The Balaban J connectivity index is 2.17. The zero-order chi connectivity index (χ0) is 15.9. The van der Waals surface area contributed by atoms with Gasteiger partial charge in [0.25, 0.3) is 5.89 Å². The smallest absolute Gasteiger partial charge is 0.405 e. The summed E-state index contributed by atoms with van der Waals surface area (Å²) in [4.78, 5) is 13.6. The maximum absolute atomic E-state index is 11.0. The van der Waals surface area contributed by atoms with Crippen molar-refractivity contribution in [1.29, 1.82) is 0 Å². The monoisotopic (exact) mass is 322 g/mol. The standard InChI is InChI=1S/C12H11ClN6O3/c13-8-3-1-7(2-4-8)5-9(21-12(14)20)11-18-17-10(22-11)6-16-19-15/h1-4,9H,5-6H2,(H2,14,20). The molecule has 1 heterocycles. The van der Waals surface area contributed by atoms with E-state index in [0.29, 0.717) is 5.02 Å². The van der Waals surface area contributed by atoms with Crippen molar-refractivity contribution in [2.45, 2.75) is 19.1 Å². The van der Waals surface area contributed by atoms with Crippen molar-refractivity contribution in [1.82, 2.24) is 10.2 Å². The van der Waals surface area contributed by atoms with E-state index in [4.69, 9.17) is 32.0 Å². The highest BCUT2D eigenvalue weighted by Gasteiger charge is 2.22. The largest absolute Gasteiger partial charge is 0.436 e. The van der Waals surface area contributed by atoms with E-state index in [2.05, 4.69) is 20.2 Å². The Morgan fingerprint density at radius 2 is 2.18 bits per heavy atom. The first-order valence-electron chi connectivity index (χ1n) is 6.12. The van der Waals surface area contributed by atoms with Gasteiger partial charge in [-0.05, 0) is 23.2 Å². The average Bonchev–Trinajstić information content (AvgIpc) is 2.95. The Kier molecular flexibility index (Phi) is 5.18. The molecular formula is C12H11ClN6O3. The number of rotatable bonds is 6. The third-order valence-electron chi connectivity index (χ3n) is 2.62. The Bertz CT molecular complexity index is 695. The molecule has 1 aromatic heterocycles. The number of aromatic nitrogens is 2. The van der Waals surface area contributed by atoms with Crippen molar-refractivity contribution in [2.75, 3.05) is 0 Å². The van der Waals surface area contributed by atoms with Crippen LogP contribution >= 0.6 is 11.6 Å². The van der Waals surface area contributed by atoms with Gasteiger partial charge in [-0.25, -0.2) is 4.79 Å². The summed E-state index contributed by atoms with van der Waals surface area (Å²) >= 11 is 5.82. The van der Waals surface area contributed by atoms with Crippen LogP contribution in [0.1, 0.15) is 23.4 Å². The predicted octanol–water partition coefficient (Wildman–Crippen LogP) is 2.91. The Morgan fingerprint density at radius 1 is 1.45 bits per heavy atom. The van der Waals surface area contributed by atoms with Gasteiger partial charge in [-0.1, -0.05) is 28.8 Å². The minimum Gasteiger partial charge on any atom is -0.436 e. The number of hydrogen-bond acceptors (Lipinski definition) is 6. The average molecular weight is 323 g/mol. The van der Waals surface area contributed by atoms with Gasteiger partial charge < -0.3 is 14.9 Å². The van der Waals surface area contributed by atoms with Crippen LogP contribution in [0.4, 0.5) is 4.79 Å². The van der Waals surface area contributed by atoms with Crippen LogP contribution in [-0.2, 0) is 17.7 Å². The van der Waals surface area contributed by atoms with Gasteiger partial charge in [0, 0.05) is 16.4 Å². The number of halogens is 1. The molecule has 0 fully saturated rings. The fourth-order valence-corrected chi connectivity index (χ4v) is 1.83. The number of primary amides is 1. The van der Waals surface area contributed by atoms with E-state index in [1.807, 2.05) is 0 Å². The summed E-state index contributed by atoms with van der Waals surface area (Å²) in [5.74, 6) is 0.180. The lowest BCUT2D eigenvalue weighted by molar-refractivity contribution is 0.0886. The zero-order valence-corrected chi connectivity index (χ0v) is 12.0. The topological polar surface area (TPSA) is 140 Å². The molecule has 0 saturated heterocycles. The Hall–Kier alpha value is -2.77. The summed E-state index contributed by atoms with van der Waals surface area (Å²) < 4.78 is 10.3. The summed E-state index contributed by atoms with van der Waals surface area (Å²) in [5, 5.41) is 11.4. The molecule has 0 aliphatic carbocycles. The highest BCUT2D eigenvalue weighted by molar-refractivity contribution is 6.30. The molecule has 0 bridgehead atoms. The van der Waals surface area contributed by atoms with Crippen LogP contribution in [0, 0.1) is 0 Å². The van der Waals surface area contributed by atoms with Gasteiger partial charge in [-0.15, -0.1) is 10.2 Å². The first-order chi connectivity index (χ1) is 10.6. The van der Waals surface area contributed by atoms with Crippen molar-refractivity contribution in [2.24, 2.45) is 10.8 Å². The summed E-state index contributed by atoms with van der Waals surface area (Å²) in [7, 11) is 0. The minimum absolute atomic E-state index is 0.0666. The van der Waals surface area contributed by atoms with Crippen molar-refractivity contribution in [3.8, 4) is 0 Å². The second kappa shape index (κ2) is 7.30. The predicted molar refractivity (Wildman–Crippen MR) is 75.7 cm³/mol. The van der Waals surface area contributed by atoms with Gasteiger partial charge in [-0.2, -0.15) is 0 Å². The second-order valence-corrected chi connectivity index (χ2v) is 4.62. The number of azide groups is 1. The van der Waals surface area contributed by atoms with Gasteiger partial charge in [0.05, 0.1) is 0 Å². The van der Waals surface area contributed by atoms with Gasteiger partial charge in [0.2, 0.25) is 5.89 Å². The number of hydrogen-bond donors (Lipinski definition) is 1. The molecule has 114 valence electrons. The molecule has 1 amide bonds. The van der Waals surface area contributed by atoms with E-state index in [1.165, 1.54) is 0 Å². The Labute approximate surface area is 129 Å². The molecule has 1 atom stereocenters. The SMILES string of the molecule is [N-]=[N+]=NCc1nnc(C(Cc2ccc(Cl)cc2)OC(N)=O)o1. The molecule has 2 rings (SSSR count). The van der Waals surface area contributed by atoms with E-state index in [9.17, 15) is 4.79 Å². The summed E-state index contributed by atoms with van der Waals surface area (Å²) in [5.41, 5.74) is 14.1. The van der Waals surface area contributed by atoms with Gasteiger partial charge in [-0.3, -0.25) is 0 Å². The minimum atomic E-state index is -0.964. The molecule has 2 N–H and O–H groups in total. The quantitative estimate of drug-likeness (QED) is 0.494. The van der Waals surface area contributed by atoms with Crippen LogP contribution in [0.15, 0.2) is 33.8 Å². The van der Waals surface area contributed by atoms with Crippen LogP contribution < -0.4 is 5.73 Å². The van der Waals surface area contributed by atoms with E-state index < -0.39 is 12.2 Å². The highest BCUT2D eigenvalue weighted by Crippen LogP contribution is 2.22. The van der Waals surface area contributed by atoms with Crippen molar-refractivity contribution < 1.29 is 13.9 Å². The molecule has 9 nitrogen and oxygen atoms in total. The first kappa shape index (κ1) is 15.6. The lowest BCUT2D eigenvalue weighted by atomic mass is 10.1. The molecular weight excluding hydrogens is 312 g/mol. The number of ether oxygens (including phenoxy) is 1. The zero-order valence-electron chi connectivity index (χ0n) is 11.2. The van der Waals surface area contributed by atoms with Crippen LogP contribution in [0.5, 0.6) is 0 Å². The number of carbonyl (C=O) groups excluding carboxylic acids is 1. The van der Waals surface area contributed by atoms with Gasteiger partial charge in [0.1, 0.15) is 6.54 Å². The van der Waals surface area contributed by atoms with E-state index in [1.54, 1.807) is 24.3 Å². The molecule has 0 radical (unpaired) electrons. The summed E-state index contributed by atoms with van der Waals surface area (Å²) in [6, 6.07) is 6.96. The molecule has 0 spiro atoms. The number of carbonyl (C=O) groups is 1. The fraction of sp³-hybridized carbons (Fsp3) is 0.250. The highest BCUT2D eigenvalue weighted by atomic mass is 35.5. The van der Waals surface area contributed by atoms with Crippen molar-refractivity contribution in [3.63, 3.8) is 0 Å². The fourth-order valence-electron chi connectivity index (χ4n) is 1.71. The second-order valence-electron chi connectivity index (χ2n) is 4.18. The molecule has 1 aromatic carbocycles. The lowest BCUT2D eigenvalue weighted by Gasteiger charge is -2.12. The maximum atomic E-state index is 11.0. The molecule has 0 aliphatic heterocycles. The van der Waals surface area contributed by atoms with E-state index in [-0.39, 0.29) is 24.7 Å². The molecule has 0 saturated carbocycles. The molecule has 10 heteroatoms. The van der Waals surface area contributed by atoms with E-state index in [0.717, 1.165) is 5.56 Å². The van der Waals surface area contributed by atoms with Crippen molar-refractivity contribution >= 4 is 17.7 Å². The molecule has 2 aromatic rings. The molecule has 0 aliphatic rings. The van der Waals surface area contributed by atoms with E-state index >= 15 is 0 Å². The van der Waals surface area contributed by atoms with Crippen LogP contribution in [0.25, 0.3) is 10.4 Å². The van der Waals surface area contributed by atoms with Crippen molar-refractivity contribution in [3.05, 3.63) is 57.1 Å². The normalized spacial score (nSPS) is 11.5. The Morgan fingerprint density at radius 3 is 2.82 bits per heavy atom. The van der Waals surface area contributed by atoms with Crippen LogP contribution in [-0.4, -0.2) is 16.3 Å². The number of nitrogens with two attached hydrogens (primary N) is 1. The maximum Gasteiger partial charge on any atom is 0.405 e. The van der Waals surface area contributed by atoms with Crippen LogP contribution in [0.3, 0.4) is 0 Å².